The monoisotopic (exact) mass is 449 g/mol. The van der Waals surface area contributed by atoms with Crippen molar-refractivity contribution in [1.29, 1.82) is 0 Å². The molecule has 3 aromatic rings. The molecule has 0 bridgehead atoms. The third-order valence-corrected chi connectivity index (χ3v) is 5.31. The number of rotatable bonds is 7. The number of ether oxygens (including phenoxy) is 1. The fourth-order valence-electron chi connectivity index (χ4n) is 3.78. The number of aromatic nitrogens is 4. The van der Waals surface area contributed by atoms with E-state index in [2.05, 4.69) is 31.5 Å². The summed E-state index contributed by atoms with van der Waals surface area (Å²) in [6, 6.07) is 14.2. The van der Waals surface area contributed by atoms with Gasteiger partial charge >= 0.3 is 6.18 Å². The van der Waals surface area contributed by atoms with Crippen molar-refractivity contribution in [2.24, 2.45) is 0 Å². The molecule has 9 nitrogen and oxygen atoms in total. The Kier molecular flexibility index (Phi) is 6.11. The smallest absolute Gasteiger partial charge is 0.453 e. The van der Waals surface area contributed by atoms with E-state index in [1.54, 1.807) is 12.1 Å². The predicted octanol–water partition coefficient (Wildman–Crippen LogP) is 1.14. The minimum absolute atomic E-state index is 0.161. The first-order valence-corrected chi connectivity index (χ1v) is 9.81. The van der Waals surface area contributed by atoms with Crippen LogP contribution in [0.3, 0.4) is 0 Å². The molecule has 0 amide bonds. The summed E-state index contributed by atoms with van der Waals surface area (Å²) in [6.07, 6.45) is -5.54. The summed E-state index contributed by atoms with van der Waals surface area (Å²) in [5, 5.41) is 29.2. The fraction of sp³-hybridized carbons (Fsp3) is 0.350. The number of alkyl halides is 3. The Hall–Kier alpha value is -3.06. The predicted molar refractivity (Wildman–Crippen MR) is 108 cm³/mol. The standard InChI is InChI=1S/C20H22F3N7O2/c1-32-16-8-7-15(30-17(20(21,22)23)27-28-29-30)9-13(16)10-24-11-19(12-25-18(31)26-19)14-5-3-2-4-6-14/h2-9,18,24-26,31H,10-12H2,1H3. The summed E-state index contributed by atoms with van der Waals surface area (Å²) < 4.78 is 45.6. The van der Waals surface area contributed by atoms with Crippen LogP contribution in [0.5, 0.6) is 5.75 Å². The first-order chi connectivity index (χ1) is 15.3. The van der Waals surface area contributed by atoms with Crippen LogP contribution >= 0.6 is 0 Å². The molecule has 1 aliphatic heterocycles. The third kappa shape index (κ3) is 4.43. The van der Waals surface area contributed by atoms with Gasteiger partial charge in [-0.2, -0.15) is 17.9 Å². The number of aliphatic hydroxyl groups is 1. The molecule has 2 unspecified atom stereocenters. The summed E-state index contributed by atoms with van der Waals surface area (Å²) >= 11 is 0. The van der Waals surface area contributed by atoms with Gasteiger partial charge in [0.2, 0.25) is 0 Å². The molecule has 4 rings (SSSR count). The molecule has 0 saturated carbocycles. The summed E-state index contributed by atoms with van der Waals surface area (Å²) in [7, 11) is 1.49. The van der Waals surface area contributed by atoms with Crippen LogP contribution in [0.25, 0.3) is 5.69 Å². The van der Waals surface area contributed by atoms with Crippen LogP contribution in [0.4, 0.5) is 13.2 Å². The molecule has 4 N–H and O–H groups in total. The van der Waals surface area contributed by atoms with Gasteiger partial charge in [-0.3, -0.25) is 10.6 Å². The van der Waals surface area contributed by atoms with Gasteiger partial charge < -0.3 is 15.2 Å². The fourth-order valence-corrected chi connectivity index (χ4v) is 3.78. The highest BCUT2D eigenvalue weighted by Gasteiger charge is 2.39. The molecule has 1 fully saturated rings. The molecule has 2 atom stereocenters. The molecule has 12 heteroatoms. The summed E-state index contributed by atoms with van der Waals surface area (Å²) in [4.78, 5) is 0. The summed E-state index contributed by atoms with van der Waals surface area (Å²) in [6.45, 7) is 1.22. The number of aliphatic hydroxyl groups excluding tert-OH is 1. The van der Waals surface area contributed by atoms with E-state index >= 15 is 0 Å². The van der Waals surface area contributed by atoms with Gasteiger partial charge in [0.05, 0.1) is 18.3 Å². The van der Waals surface area contributed by atoms with Crippen LogP contribution in [0, 0.1) is 0 Å². The molecule has 0 spiro atoms. The number of tetrazole rings is 1. The maximum Gasteiger partial charge on any atom is 0.453 e. The first-order valence-electron chi connectivity index (χ1n) is 9.81. The van der Waals surface area contributed by atoms with Crippen molar-refractivity contribution in [3.05, 3.63) is 65.5 Å². The lowest BCUT2D eigenvalue weighted by Crippen LogP contribution is -2.49. The Labute approximate surface area is 181 Å². The zero-order chi connectivity index (χ0) is 22.8. The van der Waals surface area contributed by atoms with Gasteiger partial charge in [-0.25, -0.2) is 0 Å². The number of nitrogens with zero attached hydrogens (tertiary/aromatic N) is 4. The molecule has 170 valence electrons. The van der Waals surface area contributed by atoms with E-state index in [1.165, 1.54) is 13.2 Å². The molecule has 1 aromatic heterocycles. The maximum absolute atomic E-state index is 13.2. The highest BCUT2D eigenvalue weighted by molar-refractivity contribution is 5.44. The first kappa shape index (κ1) is 22.1. The second-order valence-electron chi connectivity index (χ2n) is 7.39. The Balaban J connectivity index is 1.56. The number of halogens is 3. The van der Waals surface area contributed by atoms with Crippen molar-refractivity contribution >= 4 is 0 Å². The zero-order valence-corrected chi connectivity index (χ0v) is 17.1. The lowest BCUT2D eigenvalue weighted by Gasteiger charge is -2.30. The summed E-state index contributed by atoms with van der Waals surface area (Å²) in [5.41, 5.74) is 1.21. The number of hydrogen-bond acceptors (Lipinski definition) is 8. The van der Waals surface area contributed by atoms with Crippen molar-refractivity contribution in [3.63, 3.8) is 0 Å². The molecule has 0 radical (unpaired) electrons. The van der Waals surface area contributed by atoms with Crippen LogP contribution in [0.15, 0.2) is 48.5 Å². The van der Waals surface area contributed by atoms with E-state index in [-0.39, 0.29) is 5.69 Å². The van der Waals surface area contributed by atoms with Crippen LogP contribution in [0.2, 0.25) is 0 Å². The van der Waals surface area contributed by atoms with Crippen LogP contribution in [-0.4, -0.2) is 51.9 Å². The quantitative estimate of drug-likeness (QED) is 0.425. The van der Waals surface area contributed by atoms with Crippen molar-refractivity contribution in [2.45, 2.75) is 24.6 Å². The van der Waals surface area contributed by atoms with E-state index < -0.39 is 23.9 Å². The largest absolute Gasteiger partial charge is 0.496 e. The van der Waals surface area contributed by atoms with E-state index in [0.717, 1.165) is 5.56 Å². The van der Waals surface area contributed by atoms with Gasteiger partial charge in [0.1, 0.15) is 5.75 Å². The Morgan fingerprint density at radius 2 is 2.03 bits per heavy atom. The highest BCUT2D eigenvalue weighted by Crippen LogP contribution is 2.30. The zero-order valence-electron chi connectivity index (χ0n) is 17.1. The lowest BCUT2D eigenvalue weighted by atomic mass is 9.90. The average Bonchev–Trinajstić information content (AvgIpc) is 3.42. The normalized spacial score (nSPS) is 21.1. The van der Waals surface area contributed by atoms with Gasteiger partial charge in [0.25, 0.3) is 5.82 Å². The lowest BCUT2D eigenvalue weighted by molar-refractivity contribution is -0.146. The number of benzene rings is 2. The SMILES string of the molecule is COc1ccc(-n2nnnc2C(F)(F)F)cc1CNCC1(c2ccccc2)CNC(O)N1. The van der Waals surface area contributed by atoms with E-state index in [1.807, 2.05) is 30.3 Å². The van der Waals surface area contributed by atoms with E-state index in [9.17, 15) is 18.3 Å². The van der Waals surface area contributed by atoms with Crippen molar-refractivity contribution < 1.29 is 23.0 Å². The Morgan fingerprint density at radius 3 is 2.69 bits per heavy atom. The van der Waals surface area contributed by atoms with Crippen LogP contribution < -0.4 is 20.7 Å². The van der Waals surface area contributed by atoms with E-state index in [0.29, 0.717) is 35.6 Å². The Morgan fingerprint density at radius 1 is 1.25 bits per heavy atom. The van der Waals surface area contributed by atoms with Gasteiger partial charge in [0.15, 0.2) is 6.35 Å². The second kappa shape index (κ2) is 8.82. The number of methoxy groups -OCH3 is 1. The van der Waals surface area contributed by atoms with Crippen LogP contribution in [-0.2, 0) is 18.3 Å². The highest BCUT2D eigenvalue weighted by atomic mass is 19.4. The third-order valence-electron chi connectivity index (χ3n) is 5.31. The van der Waals surface area contributed by atoms with Crippen molar-refractivity contribution in [2.75, 3.05) is 20.2 Å². The minimum Gasteiger partial charge on any atom is -0.496 e. The average molecular weight is 449 g/mol. The van der Waals surface area contributed by atoms with Gasteiger partial charge in [-0.1, -0.05) is 30.3 Å². The molecule has 1 aliphatic rings. The molecular weight excluding hydrogens is 427 g/mol. The molecular formula is C20H22F3N7O2. The molecule has 2 heterocycles. The topological polar surface area (TPSA) is 109 Å². The second-order valence-corrected chi connectivity index (χ2v) is 7.39. The van der Waals surface area contributed by atoms with Crippen LogP contribution in [0.1, 0.15) is 17.0 Å². The Bertz CT molecular complexity index is 1060. The summed E-state index contributed by atoms with van der Waals surface area (Å²) in [5.74, 6) is -0.700. The van der Waals surface area contributed by atoms with Crippen molar-refractivity contribution in [1.82, 2.24) is 36.2 Å². The maximum atomic E-state index is 13.2. The minimum atomic E-state index is -4.69. The molecule has 32 heavy (non-hydrogen) atoms. The molecule has 0 aliphatic carbocycles. The number of hydrogen-bond donors (Lipinski definition) is 4. The van der Waals surface area contributed by atoms with Gasteiger partial charge in [-0.15, -0.1) is 5.10 Å². The van der Waals surface area contributed by atoms with Gasteiger partial charge in [-0.05, 0) is 34.2 Å². The molecule has 1 saturated heterocycles. The van der Waals surface area contributed by atoms with Crippen molar-refractivity contribution in [3.8, 4) is 11.4 Å². The number of nitrogens with one attached hydrogen (secondary N) is 3. The van der Waals surface area contributed by atoms with Gasteiger partial charge in [0, 0.05) is 25.2 Å². The molecule has 2 aromatic carbocycles. The van der Waals surface area contributed by atoms with E-state index in [4.69, 9.17) is 4.74 Å².